The first kappa shape index (κ1) is 24.2. The summed E-state index contributed by atoms with van der Waals surface area (Å²) in [5, 5.41) is 9.85. The maximum absolute atomic E-state index is 13.2. The van der Waals surface area contributed by atoms with Crippen LogP contribution in [-0.2, 0) is 11.3 Å². The largest absolute Gasteiger partial charge is 0.326 e. The Morgan fingerprint density at radius 1 is 0.972 bits per heavy atom. The summed E-state index contributed by atoms with van der Waals surface area (Å²) in [5.74, 6) is 0.409. The summed E-state index contributed by atoms with van der Waals surface area (Å²) in [4.78, 5) is 27.0. The van der Waals surface area contributed by atoms with Crippen LogP contribution in [0, 0.1) is 0 Å². The van der Waals surface area contributed by atoms with Crippen molar-refractivity contribution in [2.75, 3.05) is 25.0 Å². The van der Waals surface area contributed by atoms with Crippen molar-refractivity contribution in [3.8, 4) is 11.3 Å². The zero-order valence-electron chi connectivity index (χ0n) is 20.3. The Bertz CT molecular complexity index is 1440. The van der Waals surface area contributed by atoms with Gasteiger partial charge in [0.25, 0.3) is 5.56 Å². The van der Waals surface area contributed by atoms with Gasteiger partial charge in [0.05, 0.1) is 17.6 Å². The summed E-state index contributed by atoms with van der Waals surface area (Å²) in [6.07, 6.45) is 2.08. The maximum Gasteiger partial charge on any atom is 0.274 e. The third-order valence-corrected chi connectivity index (χ3v) is 7.13. The Hall–Kier alpha value is -3.48. The van der Waals surface area contributed by atoms with Crippen LogP contribution in [0.4, 0.5) is 5.69 Å². The smallest absolute Gasteiger partial charge is 0.274 e. The van der Waals surface area contributed by atoms with E-state index in [1.54, 1.807) is 4.68 Å². The molecule has 7 heteroatoms. The lowest BCUT2D eigenvalue weighted by Gasteiger charge is -2.32. The molecule has 0 bridgehead atoms. The Labute approximate surface area is 215 Å². The van der Waals surface area contributed by atoms with Gasteiger partial charge >= 0.3 is 0 Å². The van der Waals surface area contributed by atoms with E-state index in [2.05, 4.69) is 22.3 Å². The first-order chi connectivity index (χ1) is 17.5. The molecule has 2 heterocycles. The summed E-state index contributed by atoms with van der Waals surface area (Å²) in [7, 11) is 0. The first-order valence-electron chi connectivity index (χ1n) is 12.3. The number of aromatic nitrogens is 2. The van der Waals surface area contributed by atoms with Crippen LogP contribution in [0.15, 0.2) is 77.6 Å². The molecule has 1 aliphatic rings. The van der Waals surface area contributed by atoms with Gasteiger partial charge in [0.15, 0.2) is 0 Å². The average Bonchev–Trinajstić information content (AvgIpc) is 2.89. The maximum atomic E-state index is 13.2. The number of piperidine rings is 1. The molecule has 0 saturated carbocycles. The molecule has 1 N–H and O–H groups in total. The molecular formula is C29H29ClN4O2. The molecule has 1 amide bonds. The fourth-order valence-corrected chi connectivity index (χ4v) is 5.13. The minimum absolute atomic E-state index is 0.0567. The molecule has 184 valence electrons. The Morgan fingerprint density at radius 2 is 1.69 bits per heavy atom. The quantitative estimate of drug-likeness (QED) is 0.376. The summed E-state index contributed by atoms with van der Waals surface area (Å²) in [5.41, 5.74) is 3.78. The highest BCUT2D eigenvalue weighted by molar-refractivity contribution is 6.30. The van der Waals surface area contributed by atoms with Crippen molar-refractivity contribution in [3.05, 3.63) is 93.7 Å². The van der Waals surface area contributed by atoms with Gasteiger partial charge in [-0.2, -0.15) is 5.10 Å². The minimum atomic E-state index is -0.0621. The van der Waals surface area contributed by atoms with Crippen LogP contribution in [0.2, 0.25) is 5.02 Å². The molecule has 4 aromatic rings. The second-order valence-electron chi connectivity index (χ2n) is 9.35. The molecule has 0 spiro atoms. The van der Waals surface area contributed by atoms with Crippen LogP contribution in [0.3, 0.4) is 0 Å². The van der Waals surface area contributed by atoms with Crippen LogP contribution in [-0.4, -0.2) is 40.2 Å². The molecule has 5 rings (SSSR count). The van der Waals surface area contributed by atoms with Crippen molar-refractivity contribution >= 4 is 34.0 Å². The Morgan fingerprint density at radius 3 is 2.42 bits per heavy atom. The fraction of sp³-hybridized carbons (Fsp3) is 0.276. The van der Waals surface area contributed by atoms with Crippen molar-refractivity contribution < 1.29 is 4.79 Å². The molecule has 0 atom stereocenters. The fourth-order valence-electron chi connectivity index (χ4n) is 5.01. The number of nitrogens with one attached hydrogen (secondary N) is 1. The highest BCUT2D eigenvalue weighted by Gasteiger charge is 2.21. The molecule has 1 aromatic heterocycles. The first-order valence-corrected chi connectivity index (χ1v) is 12.7. The number of halogens is 1. The molecule has 1 aliphatic heterocycles. The number of hydrogen-bond donors (Lipinski definition) is 1. The van der Waals surface area contributed by atoms with Crippen molar-refractivity contribution in [3.63, 3.8) is 0 Å². The minimum Gasteiger partial charge on any atom is -0.326 e. The van der Waals surface area contributed by atoms with Crippen molar-refractivity contribution in [2.24, 2.45) is 0 Å². The van der Waals surface area contributed by atoms with Gasteiger partial charge in [-0.15, -0.1) is 0 Å². The third-order valence-electron chi connectivity index (χ3n) is 6.88. The zero-order chi connectivity index (χ0) is 25.1. The number of rotatable bonds is 6. The zero-order valence-corrected chi connectivity index (χ0v) is 21.0. The van der Waals surface area contributed by atoms with E-state index in [1.165, 1.54) is 12.5 Å². The topological polar surface area (TPSA) is 67.2 Å². The van der Waals surface area contributed by atoms with Crippen LogP contribution < -0.4 is 10.9 Å². The summed E-state index contributed by atoms with van der Waals surface area (Å²) in [6, 6.07) is 23.4. The SMILES string of the molecule is CC(=O)Nc1cccc(C2CCN(CCn3nc(-c4ccc(Cl)cc4)c4ccccc4c3=O)CC2)c1. The van der Waals surface area contributed by atoms with Gasteiger partial charge in [0.2, 0.25) is 5.91 Å². The molecule has 0 unspecified atom stereocenters. The van der Waals surface area contributed by atoms with Crippen LogP contribution >= 0.6 is 11.6 Å². The van der Waals surface area contributed by atoms with Gasteiger partial charge in [-0.3, -0.25) is 9.59 Å². The van der Waals surface area contributed by atoms with Crippen LogP contribution in [0.5, 0.6) is 0 Å². The van der Waals surface area contributed by atoms with Crippen molar-refractivity contribution in [1.82, 2.24) is 14.7 Å². The summed E-state index contributed by atoms with van der Waals surface area (Å²) in [6.45, 7) is 4.75. The number of fused-ring (bicyclic) bond motifs is 1. The molecule has 36 heavy (non-hydrogen) atoms. The van der Waals surface area contributed by atoms with E-state index >= 15 is 0 Å². The van der Waals surface area contributed by atoms with Gasteiger partial charge in [0.1, 0.15) is 0 Å². The molecule has 0 radical (unpaired) electrons. The number of hydrogen-bond acceptors (Lipinski definition) is 4. The second-order valence-corrected chi connectivity index (χ2v) is 9.79. The Kier molecular flexibility index (Phi) is 7.16. The monoisotopic (exact) mass is 500 g/mol. The number of anilines is 1. The second kappa shape index (κ2) is 10.6. The molecule has 3 aromatic carbocycles. The van der Waals surface area contributed by atoms with Gasteiger partial charge in [-0.25, -0.2) is 4.68 Å². The summed E-state index contributed by atoms with van der Waals surface area (Å²) >= 11 is 6.09. The third kappa shape index (κ3) is 5.35. The lowest BCUT2D eigenvalue weighted by molar-refractivity contribution is -0.114. The van der Waals surface area contributed by atoms with E-state index < -0.39 is 0 Å². The van der Waals surface area contributed by atoms with E-state index in [0.717, 1.165) is 54.8 Å². The standard InChI is InChI=1S/C29H29ClN4O2/c1-20(35)31-25-6-4-5-23(19-25)21-13-15-33(16-14-21)17-18-34-29(36)27-8-3-2-7-26(27)28(32-34)22-9-11-24(30)12-10-22/h2-12,19,21H,13-18H2,1H3,(H,31,35). The average molecular weight is 501 g/mol. The van der Waals surface area contributed by atoms with Crippen LogP contribution in [0.25, 0.3) is 22.0 Å². The number of nitrogens with zero attached hydrogens (tertiary/aromatic N) is 3. The predicted octanol–water partition coefficient (Wildman–Crippen LogP) is 5.55. The molecular weight excluding hydrogens is 472 g/mol. The van der Waals surface area contributed by atoms with E-state index in [9.17, 15) is 9.59 Å². The van der Waals surface area contributed by atoms with Gasteiger partial charge in [-0.05, 0) is 67.7 Å². The number of benzene rings is 3. The summed E-state index contributed by atoms with van der Waals surface area (Å²) < 4.78 is 1.61. The van der Waals surface area contributed by atoms with Gasteiger partial charge in [0, 0.05) is 35.1 Å². The van der Waals surface area contributed by atoms with E-state index in [1.807, 2.05) is 60.7 Å². The Balaban J connectivity index is 1.29. The molecule has 1 fully saturated rings. The van der Waals surface area contributed by atoms with E-state index in [0.29, 0.717) is 22.9 Å². The van der Waals surface area contributed by atoms with Crippen LogP contribution in [0.1, 0.15) is 31.2 Å². The highest BCUT2D eigenvalue weighted by Crippen LogP contribution is 2.30. The highest BCUT2D eigenvalue weighted by atomic mass is 35.5. The normalized spacial score (nSPS) is 14.7. The van der Waals surface area contributed by atoms with Crippen molar-refractivity contribution in [1.29, 1.82) is 0 Å². The number of carbonyl (C=O) groups excluding carboxylic acids is 1. The lowest BCUT2D eigenvalue weighted by atomic mass is 9.89. The van der Waals surface area contributed by atoms with Gasteiger partial charge in [-0.1, -0.05) is 54.1 Å². The molecule has 1 saturated heterocycles. The number of carbonyl (C=O) groups is 1. The molecule has 6 nitrogen and oxygen atoms in total. The number of likely N-dealkylation sites (tertiary alicyclic amines) is 1. The van der Waals surface area contributed by atoms with E-state index in [-0.39, 0.29) is 11.5 Å². The van der Waals surface area contributed by atoms with E-state index in [4.69, 9.17) is 16.7 Å². The number of amides is 1. The van der Waals surface area contributed by atoms with Gasteiger partial charge < -0.3 is 10.2 Å². The molecule has 0 aliphatic carbocycles. The lowest BCUT2D eigenvalue weighted by Crippen LogP contribution is -2.37. The van der Waals surface area contributed by atoms with Crippen molar-refractivity contribution in [2.45, 2.75) is 32.2 Å². The predicted molar refractivity (Wildman–Crippen MR) is 146 cm³/mol.